The third kappa shape index (κ3) is 1.19. The van der Waals surface area contributed by atoms with Crippen molar-refractivity contribution in [3.63, 3.8) is 0 Å². The minimum Gasteiger partial charge on any atom is -0.468 e. The van der Waals surface area contributed by atoms with E-state index >= 15 is 0 Å². The van der Waals surface area contributed by atoms with Crippen LogP contribution in [0.25, 0.3) is 0 Å². The van der Waals surface area contributed by atoms with E-state index in [2.05, 4.69) is 5.32 Å². The fourth-order valence-electron chi connectivity index (χ4n) is 1.26. The molecule has 11 heavy (non-hydrogen) atoms. The van der Waals surface area contributed by atoms with Gasteiger partial charge in [-0.05, 0) is 19.2 Å². The Morgan fingerprint density at radius 1 is 1.73 bits per heavy atom. The zero-order valence-corrected chi connectivity index (χ0v) is 7.23. The Morgan fingerprint density at radius 2 is 2.64 bits per heavy atom. The molecule has 3 heteroatoms. The van der Waals surface area contributed by atoms with E-state index in [-0.39, 0.29) is 0 Å². The second-order valence-corrected chi connectivity index (χ2v) is 3.84. The molecule has 60 valence electrons. The van der Waals surface area contributed by atoms with Crippen LogP contribution in [0.4, 0.5) is 0 Å². The normalized spacial score (nSPS) is 29.9. The Hall–Kier alpha value is -0.410. The van der Waals surface area contributed by atoms with Crippen molar-refractivity contribution in [2.45, 2.75) is 11.3 Å². The summed E-state index contributed by atoms with van der Waals surface area (Å²) < 4.78 is 5.31. The number of likely N-dealkylation sites (N-methyl/N-ethyl adjacent to an activating group) is 1. The first-order chi connectivity index (χ1) is 5.42. The molecule has 2 rings (SSSR count). The molecule has 2 heterocycles. The second-order valence-electron chi connectivity index (χ2n) is 2.66. The van der Waals surface area contributed by atoms with Crippen LogP contribution in [0.2, 0.25) is 0 Å². The summed E-state index contributed by atoms with van der Waals surface area (Å²) in [6.07, 6.45) is 1.74. The number of rotatable bonds is 2. The van der Waals surface area contributed by atoms with Crippen LogP contribution in [-0.2, 0) is 0 Å². The molecule has 2 unspecified atom stereocenters. The number of furan rings is 1. The summed E-state index contributed by atoms with van der Waals surface area (Å²) in [5, 5.41) is 3.80. The van der Waals surface area contributed by atoms with Crippen molar-refractivity contribution in [2.24, 2.45) is 0 Å². The van der Waals surface area contributed by atoms with Crippen LogP contribution in [0.15, 0.2) is 22.8 Å². The van der Waals surface area contributed by atoms with Crippen LogP contribution in [-0.4, -0.2) is 18.8 Å². The van der Waals surface area contributed by atoms with Crippen LogP contribution in [0.1, 0.15) is 11.0 Å². The summed E-state index contributed by atoms with van der Waals surface area (Å²) in [7, 11) is 2.00. The lowest BCUT2D eigenvalue weighted by Gasteiger charge is -2.33. The molecular weight excluding hydrogens is 158 g/mol. The SMILES string of the molecule is CNC1CSC1c1ccco1. The Morgan fingerprint density at radius 3 is 3.09 bits per heavy atom. The second kappa shape index (κ2) is 2.91. The van der Waals surface area contributed by atoms with Crippen LogP contribution >= 0.6 is 11.8 Å². The summed E-state index contributed by atoms with van der Waals surface area (Å²) in [5.41, 5.74) is 0. The highest BCUT2D eigenvalue weighted by molar-refractivity contribution is 8.01. The van der Waals surface area contributed by atoms with Crippen molar-refractivity contribution in [1.29, 1.82) is 0 Å². The predicted octanol–water partition coefficient (Wildman–Crippen LogP) is 1.66. The average Bonchev–Trinajstić information content (AvgIpc) is 2.39. The monoisotopic (exact) mass is 169 g/mol. The van der Waals surface area contributed by atoms with E-state index in [9.17, 15) is 0 Å². The highest BCUT2D eigenvalue weighted by Gasteiger charge is 2.33. The molecule has 1 saturated heterocycles. The summed E-state index contributed by atoms with van der Waals surface area (Å²) in [6.45, 7) is 0. The lowest BCUT2D eigenvalue weighted by molar-refractivity contribution is 0.453. The fourth-order valence-corrected chi connectivity index (χ4v) is 2.44. The molecule has 1 aromatic heterocycles. The summed E-state index contributed by atoms with van der Waals surface area (Å²) in [4.78, 5) is 0. The van der Waals surface area contributed by atoms with Crippen LogP contribution < -0.4 is 5.32 Å². The van der Waals surface area contributed by atoms with Gasteiger partial charge in [0.15, 0.2) is 0 Å². The zero-order valence-electron chi connectivity index (χ0n) is 6.41. The van der Waals surface area contributed by atoms with Crippen molar-refractivity contribution in [1.82, 2.24) is 5.32 Å². The van der Waals surface area contributed by atoms with Crippen LogP contribution in [0, 0.1) is 0 Å². The van der Waals surface area contributed by atoms with Gasteiger partial charge in [0.2, 0.25) is 0 Å². The Balaban J connectivity index is 2.07. The maximum atomic E-state index is 5.31. The summed E-state index contributed by atoms with van der Waals surface area (Å²) in [6, 6.07) is 4.59. The van der Waals surface area contributed by atoms with Gasteiger partial charge in [0.1, 0.15) is 5.76 Å². The van der Waals surface area contributed by atoms with Gasteiger partial charge in [-0.15, -0.1) is 11.8 Å². The maximum Gasteiger partial charge on any atom is 0.118 e. The molecule has 2 nitrogen and oxygen atoms in total. The molecule has 1 aromatic rings. The van der Waals surface area contributed by atoms with Gasteiger partial charge in [0, 0.05) is 11.8 Å². The van der Waals surface area contributed by atoms with Gasteiger partial charge in [-0.1, -0.05) is 0 Å². The highest BCUT2D eigenvalue weighted by Crippen LogP contribution is 2.42. The molecule has 1 aliphatic heterocycles. The van der Waals surface area contributed by atoms with Gasteiger partial charge in [-0.2, -0.15) is 0 Å². The van der Waals surface area contributed by atoms with Crippen molar-refractivity contribution in [3.05, 3.63) is 24.2 Å². The molecule has 0 amide bonds. The number of hydrogen-bond donors (Lipinski definition) is 1. The van der Waals surface area contributed by atoms with Crippen molar-refractivity contribution in [2.75, 3.05) is 12.8 Å². The van der Waals surface area contributed by atoms with E-state index in [0.717, 1.165) is 5.76 Å². The fraction of sp³-hybridized carbons (Fsp3) is 0.500. The molecule has 0 spiro atoms. The van der Waals surface area contributed by atoms with Gasteiger partial charge in [0.25, 0.3) is 0 Å². The smallest absolute Gasteiger partial charge is 0.118 e. The topological polar surface area (TPSA) is 25.2 Å². The van der Waals surface area contributed by atoms with E-state index in [1.807, 2.05) is 30.9 Å². The molecule has 0 aliphatic carbocycles. The predicted molar refractivity (Wildman–Crippen MR) is 46.8 cm³/mol. The van der Waals surface area contributed by atoms with Crippen molar-refractivity contribution in [3.8, 4) is 0 Å². The first kappa shape index (κ1) is 7.25. The number of nitrogens with one attached hydrogen (secondary N) is 1. The van der Waals surface area contributed by atoms with Gasteiger partial charge in [0.05, 0.1) is 11.5 Å². The minimum absolute atomic E-state index is 0.537. The Kier molecular flexibility index (Phi) is 1.92. The lowest BCUT2D eigenvalue weighted by Crippen LogP contribution is -2.40. The van der Waals surface area contributed by atoms with E-state index in [1.165, 1.54) is 5.75 Å². The molecular formula is C8H11NOS. The molecule has 0 bridgehead atoms. The van der Waals surface area contributed by atoms with E-state index < -0.39 is 0 Å². The van der Waals surface area contributed by atoms with Crippen LogP contribution in [0.5, 0.6) is 0 Å². The van der Waals surface area contributed by atoms with Gasteiger partial charge < -0.3 is 9.73 Å². The molecule has 1 fully saturated rings. The standard InChI is InChI=1S/C8H11NOS/c1-9-6-5-11-8(6)7-3-2-4-10-7/h2-4,6,8-9H,5H2,1H3. The third-order valence-electron chi connectivity index (χ3n) is 2.02. The lowest BCUT2D eigenvalue weighted by atomic mass is 10.2. The van der Waals surface area contributed by atoms with Crippen molar-refractivity contribution >= 4 is 11.8 Å². The molecule has 0 saturated carbocycles. The summed E-state index contributed by atoms with van der Waals surface area (Å²) >= 11 is 1.94. The Labute approximate surface area is 70.4 Å². The minimum atomic E-state index is 0.537. The van der Waals surface area contributed by atoms with Gasteiger partial charge >= 0.3 is 0 Å². The number of thioether (sulfide) groups is 1. The van der Waals surface area contributed by atoms with Gasteiger partial charge in [-0.25, -0.2) is 0 Å². The molecule has 1 aliphatic rings. The zero-order chi connectivity index (χ0) is 7.68. The Bertz CT molecular complexity index is 220. The van der Waals surface area contributed by atoms with Gasteiger partial charge in [-0.3, -0.25) is 0 Å². The summed E-state index contributed by atoms with van der Waals surface area (Å²) in [5.74, 6) is 2.29. The maximum absolute atomic E-state index is 5.31. The average molecular weight is 169 g/mol. The quantitative estimate of drug-likeness (QED) is 0.729. The molecule has 1 N–H and O–H groups in total. The van der Waals surface area contributed by atoms with E-state index in [0.29, 0.717) is 11.3 Å². The molecule has 0 aromatic carbocycles. The van der Waals surface area contributed by atoms with E-state index in [1.54, 1.807) is 6.26 Å². The highest BCUT2D eigenvalue weighted by atomic mass is 32.2. The first-order valence-electron chi connectivity index (χ1n) is 3.74. The molecule has 0 radical (unpaired) electrons. The third-order valence-corrected chi connectivity index (χ3v) is 3.49. The largest absolute Gasteiger partial charge is 0.468 e. The number of hydrogen-bond acceptors (Lipinski definition) is 3. The first-order valence-corrected chi connectivity index (χ1v) is 4.79. The van der Waals surface area contributed by atoms with Crippen molar-refractivity contribution < 1.29 is 4.42 Å². The molecule has 2 atom stereocenters. The van der Waals surface area contributed by atoms with Crippen LogP contribution in [0.3, 0.4) is 0 Å². The van der Waals surface area contributed by atoms with E-state index in [4.69, 9.17) is 4.42 Å².